The molecule has 0 aliphatic heterocycles. The number of halogens is 1. The van der Waals surface area contributed by atoms with E-state index < -0.39 is 0 Å². The van der Waals surface area contributed by atoms with Crippen LogP contribution in [0, 0.1) is 0 Å². The van der Waals surface area contributed by atoms with E-state index in [0.29, 0.717) is 6.54 Å². The van der Waals surface area contributed by atoms with Crippen molar-refractivity contribution in [3.8, 4) is 0 Å². The lowest BCUT2D eigenvalue weighted by atomic mass is 10.1. The van der Waals surface area contributed by atoms with Gasteiger partial charge in [-0.15, -0.1) is 24.0 Å². The Bertz CT molecular complexity index is 632. The van der Waals surface area contributed by atoms with E-state index in [2.05, 4.69) is 58.2 Å². The van der Waals surface area contributed by atoms with Crippen molar-refractivity contribution >= 4 is 41.7 Å². The highest BCUT2D eigenvalue weighted by molar-refractivity contribution is 14.0. The zero-order chi connectivity index (χ0) is 17.7. The molecule has 1 aromatic carbocycles. The standard InChI is InChI=1S/C18H28N6S.HI/c1-3-20-18(21-9-4-5-10-25-2)22-12-16-7-6-8-17(11-16)13-24-15-19-14-23-24;/h6-8,11,14-15H,3-5,9-10,12-13H2,1-2H3,(H2,20,21,22);1H. The molecule has 0 fully saturated rings. The predicted octanol–water partition coefficient (Wildman–Crippen LogP) is 3.14. The molecule has 2 aromatic rings. The van der Waals surface area contributed by atoms with Crippen LogP contribution in [-0.4, -0.2) is 45.8 Å². The SMILES string of the molecule is CCNC(=NCc1cccc(Cn2cncn2)c1)NCCCCSC.I. The van der Waals surface area contributed by atoms with Gasteiger partial charge in [-0.2, -0.15) is 16.9 Å². The van der Waals surface area contributed by atoms with Crippen LogP contribution in [-0.2, 0) is 13.1 Å². The van der Waals surface area contributed by atoms with Crippen molar-refractivity contribution in [3.05, 3.63) is 48.0 Å². The number of nitrogens with zero attached hydrogens (tertiary/aromatic N) is 4. The summed E-state index contributed by atoms with van der Waals surface area (Å²) in [6.07, 6.45) is 7.84. The summed E-state index contributed by atoms with van der Waals surface area (Å²) >= 11 is 1.90. The Morgan fingerprint density at radius 1 is 1.23 bits per heavy atom. The van der Waals surface area contributed by atoms with E-state index >= 15 is 0 Å². The number of guanidine groups is 1. The zero-order valence-electron chi connectivity index (χ0n) is 15.5. The predicted molar refractivity (Wildman–Crippen MR) is 121 cm³/mol. The van der Waals surface area contributed by atoms with Crippen molar-refractivity contribution in [3.63, 3.8) is 0 Å². The van der Waals surface area contributed by atoms with Crippen molar-refractivity contribution in [2.75, 3.05) is 25.1 Å². The van der Waals surface area contributed by atoms with Crippen molar-refractivity contribution in [2.24, 2.45) is 4.99 Å². The molecule has 2 N–H and O–H groups in total. The molecule has 144 valence electrons. The lowest BCUT2D eigenvalue weighted by Gasteiger charge is -2.11. The Kier molecular flexibility index (Phi) is 12.1. The van der Waals surface area contributed by atoms with E-state index in [-0.39, 0.29) is 24.0 Å². The quantitative estimate of drug-likeness (QED) is 0.233. The first kappa shape index (κ1) is 22.8. The first-order valence-corrected chi connectivity index (χ1v) is 10.1. The highest BCUT2D eigenvalue weighted by Crippen LogP contribution is 2.08. The molecule has 0 spiro atoms. The molecule has 0 aliphatic carbocycles. The molecule has 0 atom stereocenters. The summed E-state index contributed by atoms with van der Waals surface area (Å²) in [6.45, 7) is 5.29. The minimum absolute atomic E-state index is 0. The average Bonchev–Trinajstić information content (AvgIpc) is 3.13. The number of rotatable bonds is 10. The fourth-order valence-electron chi connectivity index (χ4n) is 2.42. The largest absolute Gasteiger partial charge is 0.357 e. The topological polar surface area (TPSA) is 67.1 Å². The van der Waals surface area contributed by atoms with Gasteiger partial charge in [0.1, 0.15) is 12.7 Å². The van der Waals surface area contributed by atoms with Crippen LogP contribution in [0.3, 0.4) is 0 Å². The lowest BCUT2D eigenvalue weighted by Crippen LogP contribution is -2.37. The minimum Gasteiger partial charge on any atom is -0.357 e. The summed E-state index contributed by atoms with van der Waals surface area (Å²) in [5.41, 5.74) is 2.39. The van der Waals surface area contributed by atoms with E-state index in [4.69, 9.17) is 4.99 Å². The van der Waals surface area contributed by atoms with E-state index in [0.717, 1.165) is 25.6 Å². The molecule has 0 amide bonds. The van der Waals surface area contributed by atoms with E-state index in [1.807, 2.05) is 16.4 Å². The molecule has 0 saturated carbocycles. The van der Waals surface area contributed by atoms with E-state index in [1.165, 1.54) is 29.7 Å². The van der Waals surface area contributed by atoms with Gasteiger partial charge in [-0.3, -0.25) is 0 Å². The number of thioether (sulfide) groups is 1. The van der Waals surface area contributed by atoms with Gasteiger partial charge in [-0.25, -0.2) is 14.7 Å². The van der Waals surface area contributed by atoms with Crippen LogP contribution in [0.25, 0.3) is 0 Å². The summed E-state index contributed by atoms with van der Waals surface area (Å²) in [5, 5.41) is 10.9. The highest BCUT2D eigenvalue weighted by Gasteiger charge is 2.00. The van der Waals surface area contributed by atoms with Crippen molar-refractivity contribution in [1.82, 2.24) is 25.4 Å². The Morgan fingerprint density at radius 3 is 2.81 bits per heavy atom. The van der Waals surface area contributed by atoms with Crippen LogP contribution in [0.1, 0.15) is 30.9 Å². The van der Waals surface area contributed by atoms with Gasteiger partial charge in [-0.1, -0.05) is 24.3 Å². The molecule has 0 radical (unpaired) electrons. The normalized spacial score (nSPS) is 11.1. The fourth-order valence-corrected chi connectivity index (χ4v) is 2.91. The van der Waals surface area contributed by atoms with Gasteiger partial charge in [0.2, 0.25) is 0 Å². The molecular weight excluding hydrogens is 459 g/mol. The van der Waals surface area contributed by atoms with Gasteiger partial charge in [-0.05, 0) is 42.9 Å². The Labute approximate surface area is 177 Å². The average molecular weight is 488 g/mol. The summed E-state index contributed by atoms with van der Waals surface area (Å²) in [4.78, 5) is 8.67. The van der Waals surface area contributed by atoms with Crippen molar-refractivity contribution in [2.45, 2.75) is 32.9 Å². The number of benzene rings is 1. The van der Waals surface area contributed by atoms with Crippen molar-refractivity contribution in [1.29, 1.82) is 0 Å². The first-order valence-electron chi connectivity index (χ1n) is 8.73. The first-order chi connectivity index (χ1) is 12.3. The fraction of sp³-hybridized carbons (Fsp3) is 0.500. The number of unbranched alkanes of at least 4 members (excludes halogenated alkanes) is 1. The second-order valence-electron chi connectivity index (χ2n) is 5.73. The summed E-state index contributed by atoms with van der Waals surface area (Å²) in [7, 11) is 0. The maximum Gasteiger partial charge on any atom is 0.191 e. The molecule has 0 saturated heterocycles. The monoisotopic (exact) mass is 488 g/mol. The third kappa shape index (κ3) is 8.88. The van der Waals surface area contributed by atoms with Crippen LogP contribution in [0.5, 0.6) is 0 Å². The second kappa shape index (κ2) is 13.9. The Balaban J connectivity index is 0.00000338. The molecule has 8 heteroatoms. The van der Waals surface area contributed by atoms with Crippen LogP contribution >= 0.6 is 35.7 Å². The Hall–Kier alpha value is -1.29. The van der Waals surface area contributed by atoms with Crippen LogP contribution < -0.4 is 10.6 Å². The van der Waals surface area contributed by atoms with Crippen LogP contribution in [0.2, 0.25) is 0 Å². The molecular formula is C18H29IN6S. The smallest absolute Gasteiger partial charge is 0.191 e. The zero-order valence-corrected chi connectivity index (χ0v) is 18.7. The maximum absolute atomic E-state index is 4.69. The third-order valence-corrected chi connectivity index (χ3v) is 4.33. The number of nitrogens with one attached hydrogen (secondary N) is 2. The Morgan fingerprint density at radius 2 is 2.08 bits per heavy atom. The molecule has 2 rings (SSSR count). The summed E-state index contributed by atoms with van der Waals surface area (Å²) < 4.78 is 1.82. The van der Waals surface area contributed by atoms with Gasteiger partial charge in [0, 0.05) is 13.1 Å². The van der Waals surface area contributed by atoms with E-state index in [1.54, 1.807) is 12.7 Å². The number of aliphatic imine (C=N–C) groups is 1. The molecule has 6 nitrogen and oxygen atoms in total. The molecule has 0 bridgehead atoms. The van der Waals surface area contributed by atoms with E-state index in [9.17, 15) is 0 Å². The highest BCUT2D eigenvalue weighted by atomic mass is 127. The van der Waals surface area contributed by atoms with Gasteiger partial charge in [0.05, 0.1) is 13.1 Å². The van der Waals surface area contributed by atoms with Gasteiger partial charge >= 0.3 is 0 Å². The number of aromatic nitrogens is 3. The van der Waals surface area contributed by atoms with Crippen LogP contribution in [0.4, 0.5) is 0 Å². The summed E-state index contributed by atoms with van der Waals surface area (Å²) in [6, 6.07) is 8.45. The third-order valence-electron chi connectivity index (χ3n) is 3.63. The number of hydrogen-bond acceptors (Lipinski definition) is 4. The minimum atomic E-state index is 0. The molecule has 26 heavy (non-hydrogen) atoms. The molecule has 0 aliphatic rings. The van der Waals surface area contributed by atoms with Gasteiger partial charge in [0.25, 0.3) is 0 Å². The lowest BCUT2D eigenvalue weighted by molar-refractivity contribution is 0.684. The summed E-state index contributed by atoms with van der Waals surface area (Å²) in [5.74, 6) is 2.10. The molecule has 0 unspecified atom stereocenters. The van der Waals surface area contributed by atoms with Gasteiger partial charge < -0.3 is 10.6 Å². The second-order valence-corrected chi connectivity index (χ2v) is 6.72. The van der Waals surface area contributed by atoms with Crippen LogP contribution in [0.15, 0.2) is 41.9 Å². The molecule has 1 heterocycles. The van der Waals surface area contributed by atoms with Crippen molar-refractivity contribution < 1.29 is 0 Å². The van der Waals surface area contributed by atoms with Gasteiger partial charge in [0.15, 0.2) is 5.96 Å². The number of hydrogen-bond donors (Lipinski definition) is 2. The molecule has 1 aromatic heterocycles. The maximum atomic E-state index is 4.69.